The van der Waals surface area contributed by atoms with E-state index in [-0.39, 0.29) is 5.78 Å². The Labute approximate surface area is 141 Å². The van der Waals surface area contributed by atoms with Crippen LogP contribution >= 0.6 is 39.1 Å². The molecule has 0 amide bonds. The predicted molar refractivity (Wildman–Crippen MR) is 88.0 cm³/mol. The van der Waals surface area contributed by atoms with E-state index in [2.05, 4.69) is 15.9 Å². The molecule has 0 fully saturated rings. The van der Waals surface area contributed by atoms with Crippen molar-refractivity contribution in [1.29, 1.82) is 5.26 Å². The molecule has 0 aliphatic rings. The summed E-state index contributed by atoms with van der Waals surface area (Å²) in [5.41, 5.74) is 1.95. The first-order valence-corrected chi connectivity index (χ1v) is 7.64. The molecule has 0 radical (unpaired) electrons. The minimum absolute atomic E-state index is 0.272. The molecule has 0 spiro atoms. The summed E-state index contributed by atoms with van der Waals surface area (Å²) in [7, 11) is 0. The summed E-state index contributed by atoms with van der Waals surface area (Å²) < 4.78 is 0.704. The number of hydrogen-bond donors (Lipinski definition) is 0. The standard InChI is InChI=1S/C16H10BrCl2NO/c1-9-3-2-4-11(15(9)17)16(21)12(8-20)10-5-6-13(18)14(19)7-10/h2-7,12H,1H3. The van der Waals surface area contributed by atoms with E-state index in [1.807, 2.05) is 19.1 Å². The second kappa shape index (κ2) is 6.62. The summed E-state index contributed by atoms with van der Waals surface area (Å²) in [6, 6.07) is 12.2. The molecule has 0 aromatic heterocycles. The summed E-state index contributed by atoms with van der Waals surface area (Å²) in [4.78, 5) is 12.6. The SMILES string of the molecule is Cc1cccc(C(=O)C(C#N)c2ccc(Cl)c(Cl)c2)c1Br. The van der Waals surface area contributed by atoms with Crippen molar-refractivity contribution in [2.75, 3.05) is 0 Å². The minimum Gasteiger partial charge on any atom is -0.292 e. The van der Waals surface area contributed by atoms with Crippen molar-refractivity contribution in [3.63, 3.8) is 0 Å². The van der Waals surface area contributed by atoms with Gasteiger partial charge < -0.3 is 0 Å². The number of aryl methyl sites for hydroxylation is 1. The van der Waals surface area contributed by atoms with Gasteiger partial charge >= 0.3 is 0 Å². The molecule has 2 rings (SSSR count). The second-order valence-corrected chi connectivity index (χ2v) is 6.14. The molecule has 21 heavy (non-hydrogen) atoms. The number of rotatable bonds is 3. The van der Waals surface area contributed by atoms with Crippen LogP contribution in [0.4, 0.5) is 0 Å². The van der Waals surface area contributed by atoms with Crippen molar-refractivity contribution >= 4 is 44.9 Å². The second-order valence-electron chi connectivity index (χ2n) is 4.54. The van der Waals surface area contributed by atoms with Crippen LogP contribution in [0.2, 0.25) is 10.0 Å². The van der Waals surface area contributed by atoms with Crippen LogP contribution in [-0.2, 0) is 0 Å². The molecule has 1 atom stereocenters. The maximum Gasteiger partial charge on any atom is 0.185 e. The highest BCUT2D eigenvalue weighted by molar-refractivity contribution is 9.10. The molecule has 0 aliphatic heterocycles. The largest absolute Gasteiger partial charge is 0.292 e. The molecule has 0 saturated heterocycles. The Morgan fingerprint density at radius 3 is 2.57 bits per heavy atom. The van der Waals surface area contributed by atoms with Crippen LogP contribution < -0.4 is 0 Å². The smallest absolute Gasteiger partial charge is 0.185 e. The molecule has 0 heterocycles. The fourth-order valence-electron chi connectivity index (χ4n) is 1.97. The number of Topliss-reactive ketones (excluding diaryl/α,β-unsaturated/α-hetero) is 1. The lowest BCUT2D eigenvalue weighted by Gasteiger charge is -2.12. The first-order chi connectivity index (χ1) is 9.95. The number of carbonyl (C=O) groups is 1. The zero-order valence-corrected chi connectivity index (χ0v) is 14.1. The van der Waals surface area contributed by atoms with Crippen LogP contribution in [0, 0.1) is 18.3 Å². The lowest BCUT2D eigenvalue weighted by Crippen LogP contribution is -2.12. The maximum atomic E-state index is 12.6. The van der Waals surface area contributed by atoms with E-state index in [0.717, 1.165) is 5.56 Å². The molecule has 2 aromatic carbocycles. The van der Waals surface area contributed by atoms with E-state index < -0.39 is 5.92 Å². The third-order valence-electron chi connectivity index (χ3n) is 3.13. The highest BCUT2D eigenvalue weighted by Gasteiger charge is 2.24. The molecule has 1 unspecified atom stereocenters. The van der Waals surface area contributed by atoms with E-state index in [9.17, 15) is 10.1 Å². The minimum atomic E-state index is -0.919. The number of hydrogen-bond acceptors (Lipinski definition) is 2. The first kappa shape index (κ1) is 16.0. The Hall–Kier alpha value is -1.34. The summed E-state index contributed by atoms with van der Waals surface area (Å²) in [5, 5.41) is 10.1. The van der Waals surface area contributed by atoms with Crippen molar-refractivity contribution in [3.8, 4) is 6.07 Å². The number of ketones is 1. The van der Waals surface area contributed by atoms with Gasteiger partial charge in [0.15, 0.2) is 5.78 Å². The molecule has 106 valence electrons. The van der Waals surface area contributed by atoms with Gasteiger partial charge in [-0.3, -0.25) is 4.79 Å². The van der Waals surface area contributed by atoms with E-state index in [1.165, 1.54) is 0 Å². The van der Waals surface area contributed by atoms with Crippen molar-refractivity contribution in [3.05, 3.63) is 67.6 Å². The number of nitriles is 1. The fraction of sp³-hybridized carbons (Fsp3) is 0.125. The Kier molecular flexibility index (Phi) is 5.05. The summed E-state index contributed by atoms with van der Waals surface area (Å²) >= 11 is 15.2. The highest BCUT2D eigenvalue weighted by Crippen LogP contribution is 2.30. The maximum absolute atomic E-state index is 12.6. The van der Waals surface area contributed by atoms with E-state index in [0.29, 0.717) is 25.6 Å². The first-order valence-electron chi connectivity index (χ1n) is 6.09. The molecule has 0 aliphatic carbocycles. The Balaban J connectivity index is 2.46. The molecular formula is C16H10BrCl2NO. The van der Waals surface area contributed by atoms with Gasteiger partial charge in [-0.2, -0.15) is 5.26 Å². The van der Waals surface area contributed by atoms with Gasteiger partial charge in [-0.1, -0.05) is 47.5 Å². The van der Waals surface area contributed by atoms with Crippen molar-refractivity contribution in [1.82, 2.24) is 0 Å². The van der Waals surface area contributed by atoms with Crippen LogP contribution in [-0.4, -0.2) is 5.78 Å². The fourth-order valence-corrected chi connectivity index (χ4v) is 2.74. The zero-order chi connectivity index (χ0) is 15.6. The van der Waals surface area contributed by atoms with Gasteiger partial charge in [-0.25, -0.2) is 0 Å². The van der Waals surface area contributed by atoms with Gasteiger partial charge in [0.2, 0.25) is 0 Å². The van der Waals surface area contributed by atoms with E-state index in [4.69, 9.17) is 23.2 Å². The third-order valence-corrected chi connectivity index (χ3v) is 4.92. The van der Waals surface area contributed by atoms with Crippen molar-refractivity contribution < 1.29 is 4.79 Å². The highest BCUT2D eigenvalue weighted by atomic mass is 79.9. The summed E-state index contributed by atoms with van der Waals surface area (Å²) in [6.45, 7) is 1.89. The van der Waals surface area contributed by atoms with E-state index >= 15 is 0 Å². The average Bonchev–Trinajstić information content (AvgIpc) is 2.46. The van der Waals surface area contributed by atoms with Crippen LogP contribution in [0.25, 0.3) is 0 Å². The third kappa shape index (κ3) is 3.29. The molecule has 0 bridgehead atoms. The van der Waals surface area contributed by atoms with Crippen molar-refractivity contribution in [2.45, 2.75) is 12.8 Å². The van der Waals surface area contributed by atoms with Gasteiger partial charge in [-0.15, -0.1) is 0 Å². The average molecular weight is 383 g/mol. The van der Waals surface area contributed by atoms with Crippen LogP contribution in [0.1, 0.15) is 27.4 Å². The summed E-state index contributed by atoms with van der Waals surface area (Å²) in [6.07, 6.45) is 0. The van der Waals surface area contributed by atoms with Gasteiger partial charge in [0, 0.05) is 10.0 Å². The molecule has 5 heteroatoms. The van der Waals surface area contributed by atoms with Crippen LogP contribution in [0.5, 0.6) is 0 Å². The number of benzene rings is 2. The normalized spacial score (nSPS) is 11.8. The Morgan fingerprint density at radius 1 is 1.24 bits per heavy atom. The molecular weight excluding hydrogens is 373 g/mol. The van der Waals surface area contributed by atoms with Gasteiger partial charge in [0.05, 0.1) is 16.1 Å². The summed E-state index contributed by atoms with van der Waals surface area (Å²) in [5.74, 6) is -1.19. The van der Waals surface area contributed by atoms with Crippen LogP contribution in [0.15, 0.2) is 40.9 Å². The molecule has 0 saturated carbocycles. The van der Waals surface area contributed by atoms with Crippen molar-refractivity contribution in [2.24, 2.45) is 0 Å². The Morgan fingerprint density at radius 2 is 1.95 bits per heavy atom. The zero-order valence-electron chi connectivity index (χ0n) is 11.0. The predicted octanol–water partition coefficient (Wildman–Crippen LogP) is 5.55. The number of halogens is 3. The number of nitrogens with zero attached hydrogens (tertiary/aromatic N) is 1. The molecule has 2 nitrogen and oxygen atoms in total. The topological polar surface area (TPSA) is 40.9 Å². The van der Waals surface area contributed by atoms with Gasteiger partial charge in [-0.05, 0) is 46.1 Å². The molecule has 2 aromatic rings. The lowest BCUT2D eigenvalue weighted by atomic mass is 9.91. The van der Waals surface area contributed by atoms with Crippen LogP contribution in [0.3, 0.4) is 0 Å². The number of carbonyl (C=O) groups excluding carboxylic acids is 1. The molecule has 0 N–H and O–H groups in total. The van der Waals surface area contributed by atoms with Gasteiger partial charge in [0.25, 0.3) is 0 Å². The lowest BCUT2D eigenvalue weighted by molar-refractivity contribution is 0.0978. The monoisotopic (exact) mass is 381 g/mol. The Bertz CT molecular complexity index is 752. The van der Waals surface area contributed by atoms with E-state index in [1.54, 1.807) is 30.3 Å². The quantitative estimate of drug-likeness (QED) is 0.652. The van der Waals surface area contributed by atoms with Gasteiger partial charge in [0.1, 0.15) is 5.92 Å².